The predicted molar refractivity (Wildman–Crippen MR) is 145 cm³/mol. The minimum Gasteiger partial charge on any atom is -0.497 e. The highest BCUT2D eigenvalue weighted by Gasteiger charge is 2.22. The van der Waals surface area contributed by atoms with Gasteiger partial charge >= 0.3 is 0 Å². The molecule has 0 atom stereocenters. The van der Waals surface area contributed by atoms with Gasteiger partial charge in [0.25, 0.3) is 0 Å². The number of carbonyl (C=O) groups excluding carboxylic acids is 1. The number of fused-ring (bicyclic) bond motifs is 1. The Morgan fingerprint density at radius 2 is 1.76 bits per heavy atom. The van der Waals surface area contributed by atoms with E-state index < -0.39 is 15.6 Å². The van der Waals surface area contributed by atoms with Crippen molar-refractivity contribution in [1.29, 1.82) is 0 Å². The Morgan fingerprint density at radius 3 is 2.49 bits per heavy atom. The van der Waals surface area contributed by atoms with Crippen LogP contribution < -0.4 is 20.7 Å². The van der Waals surface area contributed by atoms with Gasteiger partial charge in [0.2, 0.25) is 5.91 Å². The molecule has 1 amide bonds. The van der Waals surface area contributed by atoms with Crippen LogP contribution in [0, 0.1) is 0 Å². The summed E-state index contributed by atoms with van der Waals surface area (Å²) in [7, 11) is -2.32. The molecule has 0 saturated heterocycles. The molecule has 0 aliphatic rings. The highest BCUT2D eigenvalue weighted by molar-refractivity contribution is 7.90. The first-order chi connectivity index (χ1) is 17.8. The van der Waals surface area contributed by atoms with Crippen molar-refractivity contribution < 1.29 is 17.9 Å². The van der Waals surface area contributed by atoms with Gasteiger partial charge in [-0.15, -0.1) is 0 Å². The molecule has 0 fully saturated rings. The molecule has 0 bridgehead atoms. The van der Waals surface area contributed by atoms with Crippen molar-refractivity contribution in [1.82, 2.24) is 15.3 Å². The van der Waals surface area contributed by atoms with Crippen LogP contribution in [0.4, 0.5) is 17.2 Å². The third-order valence-corrected chi connectivity index (χ3v) is 7.36. The Balaban J connectivity index is 1.68. The Kier molecular flexibility index (Phi) is 8.22. The molecule has 3 N–H and O–H groups in total. The van der Waals surface area contributed by atoms with Crippen LogP contribution in [-0.4, -0.2) is 44.5 Å². The summed E-state index contributed by atoms with van der Waals surface area (Å²) in [6.07, 6.45) is 0. The number of para-hydroxylation sites is 2. The van der Waals surface area contributed by atoms with Crippen LogP contribution in [0.1, 0.15) is 12.6 Å². The molecule has 1 aromatic heterocycles. The van der Waals surface area contributed by atoms with Crippen LogP contribution in [0.15, 0.2) is 71.6 Å². The molecule has 3 aromatic carbocycles. The molecule has 1 heterocycles. The number of hydrogen-bond donors (Lipinski definition) is 3. The zero-order chi connectivity index (χ0) is 26.4. The van der Waals surface area contributed by atoms with Gasteiger partial charge in [-0.2, -0.15) is 0 Å². The molecule has 37 heavy (non-hydrogen) atoms. The number of hydrogen-bond acceptors (Lipinski definition) is 8. The van der Waals surface area contributed by atoms with E-state index in [9.17, 15) is 13.2 Å². The number of methoxy groups -OCH3 is 1. The summed E-state index contributed by atoms with van der Waals surface area (Å²) in [5.74, 6) is 0.137. The number of halogens is 1. The molecule has 0 unspecified atom stereocenters. The Labute approximate surface area is 220 Å². The van der Waals surface area contributed by atoms with Gasteiger partial charge in [0.05, 0.1) is 46.0 Å². The third kappa shape index (κ3) is 6.53. The highest BCUT2D eigenvalue weighted by atomic mass is 35.5. The maximum atomic E-state index is 13.5. The number of ether oxygens (including phenoxy) is 1. The van der Waals surface area contributed by atoms with Crippen molar-refractivity contribution in [2.45, 2.75) is 17.6 Å². The minimum absolute atomic E-state index is 0.0501. The number of anilines is 3. The second-order valence-electron chi connectivity index (χ2n) is 8.09. The van der Waals surface area contributed by atoms with E-state index in [0.29, 0.717) is 39.7 Å². The van der Waals surface area contributed by atoms with Gasteiger partial charge in [-0.05, 0) is 49.0 Å². The van der Waals surface area contributed by atoms with Gasteiger partial charge < -0.3 is 20.7 Å². The van der Waals surface area contributed by atoms with E-state index in [1.807, 2.05) is 13.0 Å². The van der Waals surface area contributed by atoms with Crippen LogP contribution in [-0.2, 0) is 20.4 Å². The molecular weight excluding hydrogens is 514 g/mol. The smallest absolute Gasteiger partial charge is 0.238 e. The van der Waals surface area contributed by atoms with E-state index in [2.05, 4.69) is 25.9 Å². The van der Waals surface area contributed by atoms with E-state index in [-0.39, 0.29) is 28.9 Å². The largest absolute Gasteiger partial charge is 0.497 e. The fourth-order valence-corrected chi connectivity index (χ4v) is 5.05. The van der Waals surface area contributed by atoms with Gasteiger partial charge in [0.15, 0.2) is 15.7 Å². The second-order valence-corrected chi connectivity index (χ2v) is 10.5. The fraction of sp³-hybridized carbons (Fsp3) is 0.192. The summed E-state index contributed by atoms with van der Waals surface area (Å²) in [5, 5.41) is 9.17. The Hall–Kier alpha value is -3.73. The maximum Gasteiger partial charge on any atom is 0.238 e. The summed E-state index contributed by atoms with van der Waals surface area (Å²) in [6.45, 7) is 2.66. The average molecular weight is 540 g/mol. The van der Waals surface area contributed by atoms with Crippen molar-refractivity contribution in [2.24, 2.45) is 0 Å². The number of likely N-dealkylation sites (N-methyl/N-ethyl adjacent to an activating group) is 1. The van der Waals surface area contributed by atoms with Gasteiger partial charge in [0.1, 0.15) is 11.5 Å². The molecular formula is C26H26ClN5O4S. The molecule has 9 nitrogen and oxygen atoms in total. The fourth-order valence-electron chi connectivity index (χ4n) is 3.57. The lowest BCUT2D eigenvalue weighted by Gasteiger charge is -2.14. The second kappa shape index (κ2) is 11.5. The van der Waals surface area contributed by atoms with Crippen molar-refractivity contribution in [3.8, 4) is 5.75 Å². The normalized spacial score (nSPS) is 11.3. The topological polar surface area (TPSA) is 122 Å². The first-order valence-corrected chi connectivity index (χ1v) is 13.5. The van der Waals surface area contributed by atoms with Gasteiger partial charge in [0, 0.05) is 11.8 Å². The Morgan fingerprint density at radius 1 is 1.00 bits per heavy atom. The number of amides is 1. The van der Waals surface area contributed by atoms with Crippen LogP contribution in [0.5, 0.6) is 5.75 Å². The number of rotatable bonds is 10. The quantitative estimate of drug-likeness (QED) is 0.268. The summed E-state index contributed by atoms with van der Waals surface area (Å²) in [6, 6.07) is 18.4. The molecule has 0 spiro atoms. The number of nitrogens with one attached hydrogen (secondary N) is 3. The molecule has 0 saturated carbocycles. The van der Waals surface area contributed by atoms with Crippen LogP contribution in [0.2, 0.25) is 5.02 Å². The van der Waals surface area contributed by atoms with E-state index in [0.717, 1.165) is 0 Å². The predicted octanol–water partition coefficient (Wildman–Crippen LogP) is 4.56. The summed E-state index contributed by atoms with van der Waals surface area (Å²) in [5.41, 5.74) is 2.25. The molecule has 0 aliphatic heterocycles. The minimum atomic E-state index is -3.86. The first kappa shape index (κ1) is 26.3. The van der Waals surface area contributed by atoms with Crippen molar-refractivity contribution in [3.05, 3.63) is 77.4 Å². The maximum absolute atomic E-state index is 13.5. The molecule has 0 radical (unpaired) electrons. The van der Waals surface area contributed by atoms with Gasteiger partial charge in [-0.1, -0.05) is 36.7 Å². The third-order valence-electron chi connectivity index (χ3n) is 5.41. The lowest BCUT2D eigenvalue weighted by atomic mass is 10.2. The number of carbonyl (C=O) groups is 1. The molecule has 0 aliphatic carbocycles. The zero-order valence-corrected chi connectivity index (χ0v) is 21.9. The Bertz CT molecular complexity index is 1550. The van der Waals surface area contributed by atoms with Crippen molar-refractivity contribution >= 4 is 55.6 Å². The van der Waals surface area contributed by atoms with E-state index >= 15 is 0 Å². The SMILES string of the molecule is CCNCC(=O)Nc1cccc(S(=O)(=O)Cc2nc3ccccc3nc2Nc2cc(OC)ccc2Cl)c1. The van der Waals surface area contributed by atoms with Crippen molar-refractivity contribution in [3.63, 3.8) is 0 Å². The van der Waals surface area contributed by atoms with Crippen LogP contribution in [0.25, 0.3) is 11.0 Å². The zero-order valence-electron chi connectivity index (χ0n) is 20.3. The van der Waals surface area contributed by atoms with Gasteiger partial charge in [-0.25, -0.2) is 18.4 Å². The van der Waals surface area contributed by atoms with Gasteiger partial charge in [-0.3, -0.25) is 4.79 Å². The molecule has 4 rings (SSSR count). The number of benzene rings is 3. The lowest BCUT2D eigenvalue weighted by Crippen LogP contribution is -2.27. The summed E-state index contributed by atoms with van der Waals surface area (Å²) < 4.78 is 32.2. The average Bonchev–Trinajstić information content (AvgIpc) is 2.89. The lowest BCUT2D eigenvalue weighted by molar-refractivity contribution is -0.115. The van der Waals surface area contributed by atoms with E-state index in [1.165, 1.54) is 19.2 Å². The summed E-state index contributed by atoms with van der Waals surface area (Å²) >= 11 is 6.37. The molecule has 11 heteroatoms. The van der Waals surface area contributed by atoms with Crippen LogP contribution >= 0.6 is 11.6 Å². The standard InChI is InChI=1S/C26H26ClN5O4S/c1-3-28-15-25(33)29-17-7-6-8-19(13-17)37(34,35)16-24-26(31-22-10-5-4-9-21(22)30-24)32-23-14-18(36-2)11-12-20(23)27/h4-14,28H,3,15-16H2,1-2H3,(H,29,33)(H,31,32). The summed E-state index contributed by atoms with van der Waals surface area (Å²) in [4.78, 5) is 21.4. The number of aromatic nitrogens is 2. The van der Waals surface area contributed by atoms with E-state index in [1.54, 1.807) is 48.5 Å². The monoisotopic (exact) mass is 539 g/mol. The first-order valence-electron chi connectivity index (χ1n) is 11.5. The highest BCUT2D eigenvalue weighted by Crippen LogP contribution is 2.31. The van der Waals surface area contributed by atoms with E-state index in [4.69, 9.17) is 16.3 Å². The van der Waals surface area contributed by atoms with Crippen molar-refractivity contribution in [2.75, 3.05) is 30.8 Å². The molecule has 192 valence electrons. The van der Waals surface area contributed by atoms with Crippen LogP contribution in [0.3, 0.4) is 0 Å². The number of nitrogens with zero attached hydrogens (tertiary/aromatic N) is 2. The number of sulfone groups is 1. The molecule has 4 aromatic rings.